The molecule has 1 aliphatic rings. The minimum Gasteiger partial charge on any atom is -0.493 e. The van der Waals surface area contributed by atoms with E-state index in [0.29, 0.717) is 31.3 Å². The van der Waals surface area contributed by atoms with Crippen LogP contribution in [0.15, 0.2) is 48.5 Å². The second kappa shape index (κ2) is 9.87. The van der Waals surface area contributed by atoms with Gasteiger partial charge < -0.3 is 9.47 Å². The summed E-state index contributed by atoms with van der Waals surface area (Å²) in [5, 5.41) is 7.45. The van der Waals surface area contributed by atoms with Crippen molar-refractivity contribution in [2.24, 2.45) is 0 Å². The Hall–Kier alpha value is -3.00. The second-order valence-corrected chi connectivity index (χ2v) is 7.56. The molecule has 2 aromatic carbocycles. The van der Waals surface area contributed by atoms with Gasteiger partial charge in [-0.3, -0.25) is 10.00 Å². The van der Waals surface area contributed by atoms with E-state index in [1.165, 1.54) is 12.1 Å². The van der Waals surface area contributed by atoms with Gasteiger partial charge >= 0.3 is 0 Å². The molecule has 31 heavy (non-hydrogen) atoms. The van der Waals surface area contributed by atoms with E-state index in [2.05, 4.69) is 15.1 Å². The number of aromatic nitrogens is 2. The van der Waals surface area contributed by atoms with E-state index >= 15 is 0 Å². The predicted molar refractivity (Wildman–Crippen MR) is 110 cm³/mol. The third-order valence-electron chi connectivity index (χ3n) is 5.37. The lowest BCUT2D eigenvalue weighted by Crippen LogP contribution is -2.26. The molecular weight excluding hydrogens is 407 g/mol. The lowest BCUT2D eigenvalue weighted by atomic mass is 10.0. The van der Waals surface area contributed by atoms with Crippen LogP contribution in [-0.2, 0) is 6.42 Å². The third kappa shape index (κ3) is 5.58. The molecule has 0 unspecified atom stereocenters. The van der Waals surface area contributed by atoms with Gasteiger partial charge in [0.15, 0.2) is 23.2 Å². The van der Waals surface area contributed by atoms with Gasteiger partial charge in [-0.15, -0.1) is 0 Å². The summed E-state index contributed by atoms with van der Waals surface area (Å²) in [6.45, 7) is 3.30. The fourth-order valence-corrected chi connectivity index (χ4v) is 3.69. The van der Waals surface area contributed by atoms with Crippen LogP contribution in [-0.4, -0.2) is 47.9 Å². The molecule has 1 atom stereocenters. The molecule has 0 aliphatic carbocycles. The number of hydrogen-bond acceptors (Lipinski definition) is 4. The molecule has 0 saturated carbocycles. The van der Waals surface area contributed by atoms with Gasteiger partial charge in [-0.05, 0) is 43.3 Å². The molecule has 2 heterocycles. The van der Waals surface area contributed by atoms with E-state index in [9.17, 15) is 13.2 Å². The quantitative estimate of drug-likeness (QED) is 0.548. The zero-order valence-electron chi connectivity index (χ0n) is 17.0. The van der Waals surface area contributed by atoms with Crippen molar-refractivity contribution in [3.63, 3.8) is 0 Å². The van der Waals surface area contributed by atoms with E-state index in [1.807, 2.05) is 6.07 Å². The minimum atomic E-state index is -0.925. The van der Waals surface area contributed by atoms with Crippen LogP contribution in [0, 0.1) is 17.5 Å². The Morgan fingerprint density at radius 2 is 1.84 bits per heavy atom. The summed E-state index contributed by atoms with van der Waals surface area (Å²) in [5.74, 6) is -1.27. The molecule has 0 radical (unpaired) electrons. The number of nitrogens with one attached hydrogen (secondary N) is 1. The number of hydrogen-bond donors (Lipinski definition) is 1. The monoisotopic (exact) mass is 431 g/mol. The molecule has 3 aromatic rings. The van der Waals surface area contributed by atoms with Crippen LogP contribution in [0.1, 0.15) is 23.7 Å². The van der Waals surface area contributed by atoms with Crippen molar-refractivity contribution >= 4 is 0 Å². The largest absolute Gasteiger partial charge is 0.493 e. The molecule has 8 heteroatoms. The second-order valence-electron chi connectivity index (χ2n) is 7.56. The molecule has 0 spiro atoms. The topological polar surface area (TPSA) is 50.4 Å². The minimum absolute atomic E-state index is 0.279. The molecule has 1 saturated heterocycles. The predicted octanol–water partition coefficient (Wildman–Crippen LogP) is 4.32. The van der Waals surface area contributed by atoms with Crippen LogP contribution >= 0.6 is 0 Å². The van der Waals surface area contributed by atoms with Gasteiger partial charge in [0, 0.05) is 37.2 Å². The lowest BCUT2D eigenvalue weighted by molar-refractivity contribution is 0.229. The van der Waals surface area contributed by atoms with Crippen LogP contribution in [0.5, 0.6) is 11.5 Å². The van der Waals surface area contributed by atoms with E-state index < -0.39 is 11.6 Å². The van der Waals surface area contributed by atoms with Crippen molar-refractivity contribution in [3.8, 4) is 11.5 Å². The van der Waals surface area contributed by atoms with Crippen molar-refractivity contribution in [1.82, 2.24) is 15.1 Å². The van der Waals surface area contributed by atoms with Gasteiger partial charge in [-0.2, -0.15) is 5.10 Å². The summed E-state index contributed by atoms with van der Waals surface area (Å²) in [6, 6.07) is 11.9. The Bertz CT molecular complexity index is 1010. The van der Waals surface area contributed by atoms with Crippen molar-refractivity contribution in [2.45, 2.75) is 18.8 Å². The summed E-state index contributed by atoms with van der Waals surface area (Å²) in [6.07, 6.45) is 1.58. The van der Waals surface area contributed by atoms with E-state index in [0.717, 1.165) is 49.6 Å². The number of likely N-dealkylation sites (tertiary alicyclic amines) is 1. The number of ether oxygens (including phenoxy) is 2. The Balaban J connectivity index is 1.20. The van der Waals surface area contributed by atoms with Crippen LogP contribution < -0.4 is 9.47 Å². The average molecular weight is 431 g/mol. The summed E-state index contributed by atoms with van der Waals surface area (Å²) in [5.41, 5.74) is 1.93. The Morgan fingerprint density at radius 3 is 2.68 bits per heavy atom. The maximum atomic E-state index is 13.6. The fraction of sp³-hybridized carbons (Fsp3) is 0.348. The fourth-order valence-electron chi connectivity index (χ4n) is 3.69. The van der Waals surface area contributed by atoms with Gasteiger partial charge in [-0.25, -0.2) is 13.2 Å². The van der Waals surface area contributed by atoms with Gasteiger partial charge in [0.1, 0.15) is 12.4 Å². The molecule has 1 fully saturated rings. The average Bonchev–Trinajstić information content (AvgIpc) is 3.42. The molecule has 1 aromatic heterocycles. The highest BCUT2D eigenvalue weighted by Crippen LogP contribution is 2.26. The molecule has 4 rings (SSSR count). The molecule has 0 amide bonds. The molecule has 164 valence electrons. The highest BCUT2D eigenvalue weighted by atomic mass is 19.2. The first-order valence-corrected chi connectivity index (χ1v) is 10.3. The molecule has 5 nitrogen and oxygen atoms in total. The highest BCUT2D eigenvalue weighted by molar-refractivity contribution is 5.24. The normalized spacial score (nSPS) is 16.5. The first-order valence-electron chi connectivity index (χ1n) is 10.3. The summed E-state index contributed by atoms with van der Waals surface area (Å²) in [7, 11) is 0. The molecular formula is C23H24F3N3O2. The zero-order chi connectivity index (χ0) is 21.6. The number of halogens is 3. The van der Waals surface area contributed by atoms with Crippen LogP contribution in [0.3, 0.4) is 0 Å². The standard InChI is InChI=1S/C23H24F3N3O2/c24-19-6-5-18(14-21(19)26)30-11-8-17-13-22(28-27-17)16-7-9-29(15-16)10-12-31-23-4-2-1-3-20(23)25/h1-6,13-14,16H,7-12,15H2,(H,27,28)/t16-/m1/s1. The number of H-pyrrole nitrogens is 1. The molecule has 0 bridgehead atoms. The van der Waals surface area contributed by atoms with Crippen LogP contribution in [0.4, 0.5) is 13.2 Å². The first kappa shape index (κ1) is 21.2. The number of benzene rings is 2. The lowest BCUT2D eigenvalue weighted by Gasteiger charge is -2.16. The zero-order valence-corrected chi connectivity index (χ0v) is 17.0. The van der Waals surface area contributed by atoms with Crippen LogP contribution in [0.2, 0.25) is 0 Å². The Labute approximate surface area is 178 Å². The Kier molecular flexibility index (Phi) is 6.76. The number of para-hydroxylation sites is 1. The van der Waals surface area contributed by atoms with E-state index in [4.69, 9.17) is 9.47 Å². The third-order valence-corrected chi connectivity index (χ3v) is 5.37. The maximum absolute atomic E-state index is 13.6. The smallest absolute Gasteiger partial charge is 0.165 e. The number of rotatable bonds is 9. The maximum Gasteiger partial charge on any atom is 0.165 e. The van der Waals surface area contributed by atoms with Gasteiger partial charge in [0.25, 0.3) is 0 Å². The molecule has 1 N–H and O–H groups in total. The highest BCUT2D eigenvalue weighted by Gasteiger charge is 2.25. The Morgan fingerprint density at radius 1 is 0.968 bits per heavy atom. The summed E-state index contributed by atoms with van der Waals surface area (Å²) >= 11 is 0. The van der Waals surface area contributed by atoms with Gasteiger partial charge in [0.2, 0.25) is 0 Å². The van der Waals surface area contributed by atoms with E-state index in [-0.39, 0.29) is 11.6 Å². The van der Waals surface area contributed by atoms with Crippen molar-refractivity contribution in [3.05, 3.63) is 77.4 Å². The van der Waals surface area contributed by atoms with Crippen LogP contribution in [0.25, 0.3) is 0 Å². The van der Waals surface area contributed by atoms with Gasteiger partial charge in [0.05, 0.1) is 12.3 Å². The van der Waals surface area contributed by atoms with E-state index in [1.54, 1.807) is 18.2 Å². The first-order chi connectivity index (χ1) is 15.1. The summed E-state index contributed by atoms with van der Waals surface area (Å²) < 4.78 is 50.8. The number of aromatic amines is 1. The van der Waals surface area contributed by atoms with Crippen molar-refractivity contribution < 1.29 is 22.6 Å². The van der Waals surface area contributed by atoms with Crippen molar-refractivity contribution in [2.75, 3.05) is 32.8 Å². The summed E-state index contributed by atoms with van der Waals surface area (Å²) in [4.78, 5) is 2.28. The number of nitrogens with zero attached hydrogens (tertiary/aromatic N) is 2. The SMILES string of the molecule is Fc1ccc(OCCc2cc([C@@H]3CCN(CCOc4ccccc4F)C3)n[nH]2)cc1F. The van der Waals surface area contributed by atoms with Crippen molar-refractivity contribution in [1.29, 1.82) is 0 Å². The molecule has 1 aliphatic heterocycles. The van der Waals surface area contributed by atoms with Gasteiger partial charge in [-0.1, -0.05) is 12.1 Å².